The monoisotopic (exact) mass is 349 g/mol. The van der Waals surface area contributed by atoms with Crippen molar-refractivity contribution in [3.8, 4) is 0 Å². The van der Waals surface area contributed by atoms with Gasteiger partial charge in [-0.2, -0.15) is 5.10 Å². The summed E-state index contributed by atoms with van der Waals surface area (Å²) in [5, 5.41) is 16.4. The number of nitrogens with one attached hydrogen (secondary N) is 1. The Morgan fingerprint density at radius 3 is 2.67 bits per heavy atom. The summed E-state index contributed by atoms with van der Waals surface area (Å²) in [6.07, 6.45) is 3.77. The van der Waals surface area contributed by atoms with E-state index in [1.54, 1.807) is 0 Å². The topological polar surface area (TPSA) is 89.8 Å². The molecule has 7 nitrogen and oxygen atoms in total. The van der Waals surface area contributed by atoms with E-state index < -0.39 is 0 Å². The average molecular weight is 349 g/mol. The number of unbranched alkanes of at least 4 members (excludes halogenated alkanes) is 1. The van der Waals surface area contributed by atoms with Gasteiger partial charge in [0.05, 0.1) is 0 Å². The molecule has 0 fully saturated rings. The Bertz CT molecular complexity index is 736. The summed E-state index contributed by atoms with van der Waals surface area (Å²) in [5.74, 6) is -0.0188. The van der Waals surface area contributed by atoms with E-state index in [1.807, 2.05) is 6.92 Å². The Morgan fingerprint density at radius 2 is 2.00 bits per heavy atom. The molecule has 0 saturated heterocycles. The van der Waals surface area contributed by atoms with Crippen molar-refractivity contribution >= 4 is 22.4 Å². The van der Waals surface area contributed by atoms with Gasteiger partial charge in [-0.3, -0.25) is 14.9 Å². The van der Waals surface area contributed by atoms with Gasteiger partial charge in [-0.15, -0.1) is 10.2 Å². The van der Waals surface area contributed by atoms with Gasteiger partial charge in [0, 0.05) is 18.5 Å². The Hall–Kier alpha value is -2.09. The lowest BCUT2D eigenvalue weighted by molar-refractivity contribution is 0.101. The first-order valence-electron chi connectivity index (χ1n) is 8.31. The van der Waals surface area contributed by atoms with Crippen molar-refractivity contribution < 1.29 is 4.79 Å². The van der Waals surface area contributed by atoms with Crippen LogP contribution in [0, 0.1) is 0 Å². The molecule has 0 unspecified atom stereocenters. The number of hydrogen-bond acceptors (Lipinski definition) is 6. The normalized spacial score (nSPS) is 11.0. The lowest BCUT2D eigenvalue weighted by Gasteiger charge is -2.06. The van der Waals surface area contributed by atoms with Crippen LogP contribution >= 0.6 is 11.3 Å². The molecule has 130 valence electrons. The second kappa shape index (κ2) is 8.68. The van der Waals surface area contributed by atoms with Crippen LogP contribution in [0.5, 0.6) is 0 Å². The highest BCUT2D eigenvalue weighted by molar-refractivity contribution is 7.15. The molecule has 24 heavy (non-hydrogen) atoms. The SMILES string of the molecule is CCCCn1nc(C(=O)Nc2nnc(C(CC)CC)s2)ccc1=O. The highest BCUT2D eigenvalue weighted by atomic mass is 32.1. The fourth-order valence-electron chi connectivity index (χ4n) is 2.29. The maximum absolute atomic E-state index is 12.3. The number of carbonyl (C=O) groups is 1. The largest absolute Gasteiger partial charge is 0.295 e. The van der Waals surface area contributed by atoms with Gasteiger partial charge >= 0.3 is 0 Å². The van der Waals surface area contributed by atoms with Crippen LogP contribution in [0.15, 0.2) is 16.9 Å². The highest BCUT2D eigenvalue weighted by Crippen LogP contribution is 2.28. The standard InChI is InChI=1S/C16H23N5O2S/c1-4-7-10-21-13(22)9-8-12(20-21)14(23)17-16-19-18-15(24-16)11(5-2)6-3/h8-9,11H,4-7,10H2,1-3H3,(H,17,19,23). The summed E-state index contributed by atoms with van der Waals surface area (Å²) >= 11 is 1.38. The molecule has 0 radical (unpaired) electrons. The minimum atomic E-state index is -0.382. The predicted octanol–water partition coefficient (Wildman–Crippen LogP) is 3.05. The van der Waals surface area contributed by atoms with Gasteiger partial charge in [0.2, 0.25) is 5.13 Å². The molecule has 0 bridgehead atoms. The number of amides is 1. The molecule has 1 amide bonds. The zero-order valence-corrected chi connectivity index (χ0v) is 15.1. The van der Waals surface area contributed by atoms with Gasteiger partial charge in [0.1, 0.15) is 10.7 Å². The molecule has 0 aromatic carbocycles. The van der Waals surface area contributed by atoms with Crippen molar-refractivity contribution in [1.82, 2.24) is 20.0 Å². The van der Waals surface area contributed by atoms with E-state index in [2.05, 4.69) is 34.5 Å². The summed E-state index contributed by atoms with van der Waals surface area (Å²) in [4.78, 5) is 24.1. The molecule has 2 aromatic heterocycles. The van der Waals surface area contributed by atoms with Crippen molar-refractivity contribution in [3.63, 3.8) is 0 Å². The average Bonchev–Trinajstić information content (AvgIpc) is 3.03. The van der Waals surface area contributed by atoms with Crippen molar-refractivity contribution in [1.29, 1.82) is 0 Å². The molecule has 2 rings (SSSR count). The molecule has 0 aliphatic rings. The van der Waals surface area contributed by atoms with Crippen LogP contribution in [0.25, 0.3) is 0 Å². The first kappa shape index (κ1) is 18.3. The fourth-order valence-corrected chi connectivity index (χ4v) is 3.29. The molecular weight excluding hydrogens is 326 g/mol. The van der Waals surface area contributed by atoms with E-state index in [0.717, 1.165) is 30.7 Å². The third kappa shape index (κ3) is 4.47. The number of aromatic nitrogens is 4. The van der Waals surface area contributed by atoms with Crippen LogP contribution in [0.2, 0.25) is 0 Å². The third-order valence-electron chi connectivity index (χ3n) is 3.82. The van der Waals surface area contributed by atoms with E-state index in [0.29, 0.717) is 17.6 Å². The zero-order chi connectivity index (χ0) is 17.5. The maximum atomic E-state index is 12.3. The molecule has 8 heteroatoms. The van der Waals surface area contributed by atoms with Gasteiger partial charge in [-0.1, -0.05) is 38.5 Å². The number of anilines is 1. The molecule has 0 aliphatic heterocycles. The number of hydrogen-bond donors (Lipinski definition) is 1. The minimum absolute atomic E-state index is 0.199. The van der Waals surface area contributed by atoms with Crippen molar-refractivity contribution in [2.45, 2.75) is 58.9 Å². The maximum Gasteiger partial charge on any atom is 0.277 e. The van der Waals surface area contributed by atoms with Gasteiger partial charge < -0.3 is 0 Å². The van der Waals surface area contributed by atoms with Crippen molar-refractivity contribution in [2.24, 2.45) is 0 Å². The predicted molar refractivity (Wildman–Crippen MR) is 94.6 cm³/mol. The van der Waals surface area contributed by atoms with Crippen LogP contribution in [-0.4, -0.2) is 25.9 Å². The second-order valence-corrected chi connectivity index (χ2v) is 6.56. The lowest BCUT2D eigenvalue weighted by atomic mass is 10.1. The first-order chi connectivity index (χ1) is 11.6. The number of rotatable bonds is 8. The summed E-state index contributed by atoms with van der Waals surface area (Å²) < 4.78 is 1.33. The first-order valence-corrected chi connectivity index (χ1v) is 9.13. The summed E-state index contributed by atoms with van der Waals surface area (Å²) in [7, 11) is 0. The molecule has 0 atom stereocenters. The Balaban J connectivity index is 2.11. The minimum Gasteiger partial charge on any atom is -0.295 e. The molecule has 0 aliphatic carbocycles. The smallest absolute Gasteiger partial charge is 0.277 e. The van der Waals surface area contributed by atoms with Gasteiger partial charge in [-0.05, 0) is 25.3 Å². The summed E-state index contributed by atoms with van der Waals surface area (Å²) in [6, 6.07) is 2.80. The van der Waals surface area contributed by atoms with E-state index in [1.165, 1.54) is 28.2 Å². The highest BCUT2D eigenvalue weighted by Gasteiger charge is 2.16. The lowest BCUT2D eigenvalue weighted by Crippen LogP contribution is -2.26. The molecule has 2 heterocycles. The Labute approximate surface area is 145 Å². The Kier molecular flexibility index (Phi) is 6.60. The van der Waals surface area contributed by atoms with Crippen LogP contribution in [0.4, 0.5) is 5.13 Å². The van der Waals surface area contributed by atoms with Gasteiger partial charge in [0.15, 0.2) is 0 Å². The number of carbonyl (C=O) groups excluding carboxylic acids is 1. The molecular formula is C16H23N5O2S. The molecule has 1 N–H and O–H groups in total. The molecule has 0 saturated carbocycles. The third-order valence-corrected chi connectivity index (χ3v) is 4.82. The van der Waals surface area contributed by atoms with Gasteiger partial charge in [0.25, 0.3) is 11.5 Å². The van der Waals surface area contributed by atoms with Crippen molar-refractivity contribution in [3.05, 3.63) is 33.2 Å². The second-order valence-electron chi connectivity index (χ2n) is 5.55. The summed E-state index contributed by atoms with van der Waals surface area (Å²) in [6.45, 7) is 6.76. The van der Waals surface area contributed by atoms with Gasteiger partial charge in [-0.25, -0.2) is 4.68 Å². The number of nitrogens with zero attached hydrogens (tertiary/aromatic N) is 4. The van der Waals surface area contributed by atoms with Crippen LogP contribution in [-0.2, 0) is 6.54 Å². The van der Waals surface area contributed by atoms with Crippen LogP contribution in [0.1, 0.15) is 67.9 Å². The molecule has 2 aromatic rings. The van der Waals surface area contributed by atoms with Crippen LogP contribution < -0.4 is 10.9 Å². The number of aryl methyl sites for hydroxylation is 1. The van der Waals surface area contributed by atoms with Crippen molar-refractivity contribution in [2.75, 3.05) is 5.32 Å². The van der Waals surface area contributed by atoms with E-state index in [-0.39, 0.29) is 17.2 Å². The molecule has 0 spiro atoms. The summed E-state index contributed by atoms with van der Waals surface area (Å²) in [5.41, 5.74) is -0.00285. The quantitative estimate of drug-likeness (QED) is 0.791. The zero-order valence-electron chi connectivity index (χ0n) is 14.3. The van der Waals surface area contributed by atoms with E-state index in [9.17, 15) is 9.59 Å². The van der Waals surface area contributed by atoms with Crippen LogP contribution in [0.3, 0.4) is 0 Å². The Morgan fingerprint density at radius 1 is 1.25 bits per heavy atom. The fraction of sp³-hybridized carbons (Fsp3) is 0.562. The van der Waals surface area contributed by atoms with E-state index >= 15 is 0 Å². The van der Waals surface area contributed by atoms with E-state index in [4.69, 9.17) is 0 Å².